The molecular weight excluding hydrogens is 350 g/mol. The Bertz CT molecular complexity index is 1050. The van der Waals surface area contributed by atoms with Gasteiger partial charge in [-0.1, -0.05) is 0 Å². The number of nitrogens with one attached hydrogen (secondary N) is 2. The number of carbonyl (C=O) groups excluding carboxylic acids is 1. The van der Waals surface area contributed by atoms with E-state index in [9.17, 15) is 9.90 Å². The number of aliphatic imine (C=N–C) groups is 1. The van der Waals surface area contributed by atoms with Gasteiger partial charge in [-0.15, -0.1) is 0 Å². The van der Waals surface area contributed by atoms with Crippen molar-refractivity contribution in [3.63, 3.8) is 0 Å². The van der Waals surface area contributed by atoms with Crippen molar-refractivity contribution >= 4 is 41.4 Å². The van der Waals surface area contributed by atoms with E-state index in [0.29, 0.717) is 17.2 Å². The lowest BCUT2D eigenvalue weighted by Crippen LogP contribution is -2.06. The average molecular weight is 365 g/mol. The number of nitrogens with zero attached hydrogens (tertiary/aromatic N) is 3. The van der Waals surface area contributed by atoms with Crippen molar-refractivity contribution in [1.82, 2.24) is 15.2 Å². The van der Waals surface area contributed by atoms with Crippen molar-refractivity contribution in [3.05, 3.63) is 47.5 Å². The molecule has 0 unspecified atom stereocenters. The third-order valence-corrected chi connectivity index (χ3v) is 3.85. The van der Waals surface area contributed by atoms with Gasteiger partial charge in [-0.2, -0.15) is 5.10 Å². The molecule has 4 rings (SSSR count). The van der Waals surface area contributed by atoms with Crippen LogP contribution < -0.4 is 5.32 Å². The number of rotatable bonds is 5. The third kappa shape index (κ3) is 3.06. The minimum Gasteiger partial charge on any atom is -0.504 e. The summed E-state index contributed by atoms with van der Waals surface area (Å²) in [5.74, 6) is 0.185. The summed E-state index contributed by atoms with van der Waals surface area (Å²) in [5, 5.41) is 20.0. The van der Waals surface area contributed by atoms with Gasteiger partial charge in [0, 0.05) is 29.6 Å². The minimum absolute atomic E-state index is 0.0448. The highest BCUT2D eigenvalue weighted by molar-refractivity contribution is 6.21. The number of aromatic amines is 1. The molecule has 0 radical (unpaired) electrons. The number of furan rings is 1. The summed E-state index contributed by atoms with van der Waals surface area (Å²) in [6, 6.07) is 5.30. The molecule has 1 aliphatic rings. The first kappa shape index (κ1) is 16.6. The second kappa shape index (κ2) is 6.79. The van der Waals surface area contributed by atoms with Crippen LogP contribution in [0.2, 0.25) is 0 Å². The predicted molar refractivity (Wildman–Crippen MR) is 98.5 cm³/mol. The second-order valence-corrected chi connectivity index (χ2v) is 5.57. The summed E-state index contributed by atoms with van der Waals surface area (Å²) >= 11 is 0. The van der Waals surface area contributed by atoms with Crippen LogP contribution in [-0.2, 0) is 4.74 Å². The number of hydrogen-bond donors (Lipinski definition) is 3. The van der Waals surface area contributed by atoms with Crippen LogP contribution >= 0.6 is 0 Å². The summed E-state index contributed by atoms with van der Waals surface area (Å²) < 4.78 is 10.7. The molecule has 9 heteroatoms. The van der Waals surface area contributed by atoms with E-state index in [-0.39, 0.29) is 29.6 Å². The van der Waals surface area contributed by atoms with Gasteiger partial charge in [0.15, 0.2) is 22.9 Å². The standard InChI is InChI=1S/C18H15N5O4/c1-2-26-18(25)14-15(24)12(27-17(14)22-13-5-7-21-23-13)8-10-9-20-16-11(10)4-3-6-19-16/h3-9,24H,2H2,1H3,(H2,21,22,23). The van der Waals surface area contributed by atoms with E-state index in [1.54, 1.807) is 37.5 Å². The fourth-order valence-electron chi connectivity index (χ4n) is 2.65. The van der Waals surface area contributed by atoms with Gasteiger partial charge in [-0.05, 0) is 25.1 Å². The number of ether oxygens (including phenoxy) is 1. The third-order valence-electron chi connectivity index (χ3n) is 3.85. The zero-order chi connectivity index (χ0) is 18.8. The number of anilines is 2. The lowest BCUT2D eigenvalue weighted by Gasteiger charge is -2.03. The molecule has 1 aliphatic heterocycles. The number of aromatic hydroxyl groups is 1. The van der Waals surface area contributed by atoms with E-state index >= 15 is 0 Å². The van der Waals surface area contributed by atoms with E-state index in [1.807, 2.05) is 6.07 Å². The van der Waals surface area contributed by atoms with E-state index in [2.05, 4.69) is 25.5 Å². The predicted octanol–water partition coefficient (Wildman–Crippen LogP) is 3.28. The molecule has 0 bridgehead atoms. The van der Waals surface area contributed by atoms with E-state index in [1.165, 1.54) is 6.20 Å². The molecule has 0 spiro atoms. The molecular formula is C18H15N5O4. The molecule has 0 aliphatic carbocycles. The van der Waals surface area contributed by atoms with Gasteiger partial charge in [0.05, 0.1) is 12.8 Å². The SMILES string of the molecule is CCOC(=O)c1c(Nc2ccn[nH]2)oc(C=C2C=Nc3ncccc32)c1O. The Hall–Kier alpha value is -3.88. The van der Waals surface area contributed by atoms with Crippen molar-refractivity contribution < 1.29 is 19.1 Å². The van der Waals surface area contributed by atoms with Crippen molar-refractivity contribution in [2.45, 2.75) is 6.92 Å². The molecule has 3 N–H and O–H groups in total. The molecule has 9 nitrogen and oxygen atoms in total. The van der Waals surface area contributed by atoms with Crippen LogP contribution in [-0.4, -0.2) is 39.1 Å². The van der Waals surface area contributed by atoms with Crippen LogP contribution in [0.3, 0.4) is 0 Å². The quantitative estimate of drug-likeness (QED) is 0.592. The first-order valence-electron chi connectivity index (χ1n) is 8.17. The summed E-state index contributed by atoms with van der Waals surface area (Å²) in [6.07, 6.45) is 6.39. The van der Waals surface area contributed by atoms with E-state index in [0.717, 1.165) is 5.56 Å². The molecule has 0 amide bonds. The van der Waals surface area contributed by atoms with E-state index < -0.39 is 5.97 Å². The fraction of sp³-hybridized carbons (Fsp3) is 0.111. The van der Waals surface area contributed by atoms with Crippen molar-refractivity contribution in [2.24, 2.45) is 4.99 Å². The van der Waals surface area contributed by atoms with Gasteiger partial charge in [0.2, 0.25) is 5.88 Å². The number of esters is 1. The van der Waals surface area contributed by atoms with E-state index in [4.69, 9.17) is 9.15 Å². The maximum Gasteiger partial charge on any atom is 0.347 e. The largest absolute Gasteiger partial charge is 0.504 e. The lowest BCUT2D eigenvalue weighted by molar-refractivity contribution is 0.0524. The highest BCUT2D eigenvalue weighted by Gasteiger charge is 2.27. The Morgan fingerprint density at radius 2 is 2.30 bits per heavy atom. The van der Waals surface area contributed by atoms with Gasteiger partial charge >= 0.3 is 5.97 Å². The first-order chi connectivity index (χ1) is 13.2. The maximum absolute atomic E-state index is 12.3. The Morgan fingerprint density at radius 3 is 3.07 bits per heavy atom. The molecule has 0 saturated heterocycles. The Balaban J connectivity index is 1.77. The highest BCUT2D eigenvalue weighted by atomic mass is 16.5. The average Bonchev–Trinajstić information content (AvgIpc) is 3.37. The number of H-pyrrole nitrogens is 1. The molecule has 4 heterocycles. The Morgan fingerprint density at radius 1 is 1.41 bits per heavy atom. The number of pyridine rings is 1. The first-order valence-corrected chi connectivity index (χ1v) is 8.17. The normalized spacial score (nSPS) is 13.7. The molecule has 136 valence electrons. The molecule has 3 aromatic heterocycles. The number of hydrogen-bond acceptors (Lipinski definition) is 8. The Labute approximate surface area is 153 Å². The molecule has 27 heavy (non-hydrogen) atoms. The Kier molecular flexibility index (Phi) is 4.17. The second-order valence-electron chi connectivity index (χ2n) is 5.57. The van der Waals surface area contributed by atoms with Crippen LogP contribution in [0, 0.1) is 0 Å². The molecule has 0 saturated carbocycles. The van der Waals surface area contributed by atoms with Crippen LogP contribution in [0.25, 0.3) is 11.6 Å². The minimum atomic E-state index is -0.701. The summed E-state index contributed by atoms with van der Waals surface area (Å²) in [5.41, 5.74) is 1.40. The van der Waals surface area contributed by atoms with Gasteiger partial charge in [-0.3, -0.25) is 5.10 Å². The number of allylic oxidation sites excluding steroid dienone is 1. The lowest BCUT2D eigenvalue weighted by atomic mass is 10.1. The van der Waals surface area contributed by atoms with Gasteiger partial charge in [0.1, 0.15) is 5.82 Å². The smallest absolute Gasteiger partial charge is 0.347 e. The van der Waals surface area contributed by atoms with Crippen LogP contribution in [0.4, 0.5) is 17.5 Å². The van der Waals surface area contributed by atoms with Crippen LogP contribution in [0.1, 0.15) is 28.6 Å². The number of aromatic nitrogens is 3. The van der Waals surface area contributed by atoms with Crippen molar-refractivity contribution in [2.75, 3.05) is 11.9 Å². The van der Waals surface area contributed by atoms with Crippen LogP contribution in [0.15, 0.2) is 40.0 Å². The maximum atomic E-state index is 12.3. The summed E-state index contributed by atoms with van der Waals surface area (Å²) in [7, 11) is 0. The summed E-state index contributed by atoms with van der Waals surface area (Å²) in [4.78, 5) is 20.7. The number of carbonyl (C=O) groups is 1. The monoisotopic (exact) mass is 365 g/mol. The molecule has 0 aromatic carbocycles. The van der Waals surface area contributed by atoms with Crippen LogP contribution in [0.5, 0.6) is 5.75 Å². The topological polar surface area (TPSA) is 126 Å². The molecule has 3 aromatic rings. The van der Waals surface area contributed by atoms with Gasteiger partial charge in [0.25, 0.3) is 0 Å². The molecule has 0 atom stereocenters. The van der Waals surface area contributed by atoms with Gasteiger partial charge < -0.3 is 19.6 Å². The zero-order valence-electron chi connectivity index (χ0n) is 14.3. The fourth-order valence-corrected chi connectivity index (χ4v) is 2.65. The van der Waals surface area contributed by atoms with Crippen molar-refractivity contribution in [3.8, 4) is 5.75 Å². The zero-order valence-corrected chi connectivity index (χ0v) is 14.3. The van der Waals surface area contributed by atoms with Gasteiger partial charge in [-0.25, -0.2) is 14.8 Å². The number of fused-ring (bicyclic) bond motifs is 1. The molecule has 0 fully saturated rings. The highest BCUT2D eigenvalue weighted by Crippen LogP contribution is 2.39. The summed E-state index contributed by atoms with van der Waals surface area (Å²) in [6.45, 7) is 1.84. The van der Waals surface area contributed by atoms with Crippen molar-refractivity contribution in [1.29, 1.82) is 0 Å².